The molecule has 0 spiro atoms. The van der Waals surface area contributed by atoms with E-state index in [4.69, 9.17) is 10.3 Å². The van der Waals surface area contributed by atoms with E-state index >= 15 is 0 Å². The number of anilines is 1. The average Bonchev–Trinajstić information content (AvgIpc) is 2.41. The maximum absolute atomic E-state index is 10.2. The minimum absolute atomic E-state index is 0.331. The zero-order chi connectivity index (χ0) is 12.5. The van der Waals surface area contributed by atoms with Gasteiger partial charge in [0.1, 0.15) is 0 Å². The molecule has 2 rings (SSSR count). The molecule has 0 radical (unpaired) electrons. The van der Waals surface area contributed by atoms with Gasteiger partial charge in [0.2, 0.25) is 0 Å². The van der Waals surface area contributed by atoms with Crippen LogP contribution in [-0.4, -0.2) is 16.3 Å². The number of hydrogen-bond acceptors (Lipinski definition) is 3. The standard InChI is InChI=1S/C7H6O2.C6H7NO/c8-7(9)6-4-2-1-3-5-6;8-7-6-4-2-1-3-5-6/h1-5H,(H,8,9);1-5,7-8H. The van der Waals surface area contributed by atoms with Crippen molar-refractivity contribution in [1.29, 1.82) is 0 Å². The van der Waals surface area contributed by atoms with E-state index in [1.165, 1.54) is 0 Å². The van der Waals surface area contributed by atoms with Crippen molar-refractivity contribution in [3.05, 3.63) is 66.2 Å². The summed E-state index contributed by atoms with van der Waals surface area (Å²) in [6, 6.07) is 17.4. The molecule has 4 nitrogen and oxygen atoms in total. The number of rotatable bonds is 2. The van der Waals surface area contributed by atoms with Crippen LogP contribution in [0.3, 0.4) is 0 Å². The number of aromatic carboxylic acids is 1. The van der Waals surface area contributed by atoms with Crippen LogP contribution >= 0.6 is 0 Å². The number of nitrogens with one attached hydrogen (secondary N) is 1. The van der Waals surface area contributed by atoms with Gasteiger partial charge in [-0.15, -0.1) is 0 Å². The quantitative estimate of drug-likeness (QED) is 0.695. The molecule has 0 bridgehead atoms. The van der Waals surface area contributed by atoms with Gasteiger partial charge in [0.05, 0.1) is 11.3 Å². The van der Waals surface area contributed by atoms with Crippen LogP contribution in [-0.2, 0) is 0 Å². The van der Waals surface area contributed by atoms with E-state index in [1.807, 2.05) is 23.7 Å². The maximum atomic E-state index is 10.2. The lowest BCUT2D eigenvalue weighted by molar-refractivity contribution is 0.0697. The van der Waals surface area contributed by atoms with Gasteiger partial charge in [-0.25, -0.2) is 4.79 Å². The number of carboxylic acid groups (broad SMARTS) is 1. The van der Waals surface area contributed by atoms with E-state index in [9.17, 15) is 4.79 Å². The zero-order valence-electron chi connectivity index (χ0n) is 9.08. The van der Waals surface area contributed by atoms with Gasteiger partial charge in [0.25, 0.3) is 0 Å². The fraction of sp³-hybridized carbons (Fsp3) is 0. The lowest BCUT2D eigenvalue weighted by atomic mass is 10.2. The van der Waals surface area contributed by atoms with Crippen LogP contribution in [0, 0.1) is 0 Å². The third-order valence-corrected chi connectivity index (χ3v) is 1.92. The van der Waals surface area contributed by atoms with E-state index < -0.39 is 5.97 Å². The molecular formula is C13H13NO3. The van der Waals surface area contributed by atoms with Crippen LogP contribution in [0.25, 0.3) is 0 Å². The van der Waals surface area contributed by atoms with E-state index in [0.717, 1.165) is 0 Å². The molecule has 0 aromatic heterocycles. The lowest BCUT2D eigenvalue weighted by Crippen LogP contribution is -1.93. The first kappa shape index (κ1) is 12.7. The van der Waals surface area contributed by atoms with Gasteiger partial charge >= 0.3 is 5.97 Å². The molecule has 17 heavy (non-hydrogen) atoms. The topological polar surface area (TPSA) is 69.6 Å². The first-order chi connectivity index (χ1) is 8.24. The number of carbonyl (C=O) groups is 1. The highest BCUT2D eigenvalue weighted by Crippen LogP contribution is 2.01. The Labute approximate surface area is 99.1 Å². The number of hydrogen-bond donors (Lipinski definition) is 3. The highest BCUT2D eigenvalue weighted by atomic mass is 16.5. The van der Waals surface area contributed by atoms with E-state index in [1.54, 1.807) is 42.5 Å². The second-order valence-electron chi connectivity index (χ2n) is 3.15. The third-order valence-electron chi connectivity index (χ3n) is 1.92. The number of carboxylic acids is 1. The molecule has 0 unspecified atom stereocenters. The zero-order valence-corrected chi connectivity index (χ0v) is 9.08. The molecule has 0 aliphatic heterocycles. The van der Waals surface area contributed by atoms with Crippen LogP contribution in [0.2, 0.25) is 0 Å². The summed E-state index contributed by atoms with van der Waals surface area (Å²) in [4.78, 5) is 10.2. The van der Waals surface area contributed by atoms with Gasteiger partial charge in [-0.2, -0.15) is 0 Å². The largest absolute Gasteiger partial charge is 0.478 e. The monoisotopic (exact) mass is 231 g/mol. The molecule has 3 N–H and O–H groups in total. The van der Waals surface area contributed by atoms with Gasteiger partial charge in [0, 0.05) is 0 Å². The smallest absolute Gasteiger partial charge is 0.335 e. The van der Waals surface area contributed by atoms with Gasteiger partial charge in [-0.3, -0.25) is 10.7 Å². The summed E-state index contributed by atoms with van der Waals surface area (Å²) >= 11 is 0. The van der Waals surface area contributed by atoms with Crippen LogP contribution in [0.5, 0.6) is 0 Å². The maximum Gasteiger partial charge on any atom is 0.335 e. The minimum atomic E-state index is -0.879. The molecular weight excluding hydrogens is 218 g/mol. The molecule has 0 aliphatic carbocycles. The van der Waals surface area contributed by atoms with E-state index in [-0.39, 0.29) is 0 Å². The molecule has 88 valence electrons. The van der Waals surface area contributed by atoms with E-state index in [0.29, 0.717) is 11.3 Å². The summed E-state index contributed by atoms with van der Waals surface area (Å²) in [5.74, 6) is -0.879. The molecule has 0 atom stereocenters. The summed E-state index contributed by atoms with van der Waals surface area (Å²) in [6.07, 6.45) is 0. The fourth-order valence-corrected chi connectivity index (χ4v) is 1.09. The summed E-state index contributed by atoms with van der Waals surface area (Å²) in [5.41, 5.74) is 3.07. The molecule has 0 saturated carbocycles. The highest BCUT2D eigenvalue weighted by Gasteiger charge is 1.96. The predicted molar refractivity (Wildman–Crippen MR) is 65.3 cm³/mol. The van der Waals surface area contributed by atoms with Crippen molar-refractivity contribution >= 4 is 11.7 Å². The molecule has 2 aromatic rings. The van der Waals surface area contributed by atoms with Crippen molar-refractivity contribution in [2.45, 2.75) is 0 Å². The molecule has 2 aromatic carbocycles. The molecule has 4 heteroatoms. The van der Waals surface area contributed by atoms with Crippen LogP contribution in [0.4, 0.5) is 5.69 Å². The van der Waals surface area contributed by atoms with Gasteiger partial charge in [-0.1, -0.05) is 36.4 Å². The van der Waals surface area contributed by atoms with E-state index in [2.05, 4.69) is 0 Å². The van der Waals surface area contributed by atoms with Crippen molar-refractivity contribution in [2.75, 3.05) is 5.48 Å². The van der Waals surface area contributed by atoms with Crippen molar-refractivity contribution in [3.8, 4) is 0 Å². The highest BCUT2D eigenvalue weighted by molar-refractivity contribution is 5.87. The Balaban J connectivity index is 0.000000171. The summed E-state index contributed by atoms with van der Waals surface area (Å²) in [5, 5.41) is 16.7. The number of para-hydroxylation sites is 1. The normalized spacial score (nSPS) is 8.76. The predicted octanol–water partition coefficient (Wildman–Crippen LogP) is 2.87. The summed E-state index contributed by atoms with van der Waals surface area (Å²) in [6.45, 7) is 0. The second kappa shape index (κ2) is 7.03. The van der Waals surface area contributed by atoms with Crippen LogP contribution in [0.1, 0.15) is 10.4 Å². The fourth-order valence-electron chi connectivity index (χ4n) is 1.09. The Morgan fingerprint density at radius 2 is 1.35 bits per heavy atom. The Morgan fingerprint density at radius 1 is 0.882 bits per heavy atom. The Kier molecular flexibility index (Phi) is 5.27. The molecule has 0 amide bonds. The van der Waals surface area contributed by atoms with Crippen molar-refractivity contribution in [2.24, 2.45) is 0 Å². The van der Waals surface area contributed by atoms with Crippen LogP contribution in [0.15, 0.2) is 60.7 Å². The second-order valence-corrected chi connectivity index (χ2v) is 3.15. The third kappa shape index (κ3) is 4.81. The van der Waals surface area contributed by atoms with Crippen molar-refractivity contribution < 1.29 is 15.1 Å². The van der Waals surface area contributed by atoms with Gasteiger partial charge in [-0.05, 0) is 24.3 Å². The van der Waals surface area contributed by atoms with Gasteiger partial charge < -0.3 is 5.11 Å². The van der Waals surface area contributed by atoms with Crippen LogP contribution < -0.4 is 5.48 Å². The molecule has 0 aliphatic rings. The Morgan fingerprint density at radius 3 is 1.65 bits per heavy atom. The van der Waals surface area contributed by atoms with Crippen molar-refractivity contribution in [1.82, 2.24) is 0 Å². The summed E-state index contributed by atoms with van der Waals surface area (Å²) < 4.78 is 0. The Hall–Kier alpha value is -2.33. The first-order valence-electron chi connectivity index (χ1n) is 4.97. The molecule has 0 saturated heterocycles. The average molecular weight is 231 g/mol. The Bertz CT molecular complexity index is 443. The molecule has 0 heterocycles. The SMILES string of the molecule is O=C(O)c1ccccc1.ONc1ccccc1. The van der Waals surface area contributed by atoms with Gasteiger partial charge in [0.15, 0.2) is 0 Å². The van der Waals surface area contributed by atoms with Crippen molar-refractivity contribution in [3.63, 3.8) is 0 Å². The number of benzene rings is 2. The first-order valence-corrected chi connectivity index (χ1v) is 4.97. The molecule has 0 fully saturated rings. The minimum Gasteiger partial charge on any atom is -0.478 e. The summed E-state index contributed by atoms with van der Waals surface area (Å²) in [7, 11) is 0. The lowest BCUT2D eigenvalue weighted by Gasteiger charge is -1.92.